The molecule has 0 aliphatic heterocycles. The second kappa shape index (κ2) is 15.9. The van der Waals surface area contributed by atoms with E-state index in [-0.39, 0.29) is 24.7 Å². The van der Waals surface area contributed by atoms with Gasteiger partial charge in [-0.05, 0) is 119 Å². The molecule has 5 aliphatic carbocycles. The quantitative estimate of drug-likeness (QED) is 0.0398. The minimum atomic E-state index is -5.70. The molecule has 5 aromatic carbocycles. The van der Waals surface area contributed by atoms with Crippen LogP contribution in [0.1, 0.15) is 60.8 Å². The molecule has 0 unspecified atom stereocenters. The lowest BCUT2D eigenvalue weighted by Gasteiger charge is -2.54. The molecule has 10 rings (SSSR count). The van der Waals surface area contributed by atoms with Crippen LogP contribution < -0.4 is 14.2 Å². The van der Waals surface area contributed by atoms with Gasteiger partial charge < -0.3 is 18.9 Å². The largest absolute Gasteiger partial charge is 0.493 e. The Labute approximate surface area is 349 Å². The van der Waals surface area contributed by atoms with Gasteiger partial charge in [0.15, 0.2) is 23.1 Å². The molecule has 0 heterocycles. The molecule has 9 nitrogen and oxygen atoms in total. The van der Waals surface area contributed by atoms with Gasteiger partial charge in [0, 0.05) is 0 Å². The number of hydrogen-bond donors (Lipinski definition) is 1. The van der Waals surface area contributed by atoms with Gasteiger partial charge in [0.05, 0.1) is 25.0 Å². The first-order valence-electron chi connectivity index (χ1n) is 20.2. The number of halogens is 4. The summed E-state index contributed by atoms with van der Waals surface area (Å²) in [6, 6.07) is 30.5. The van der Waals surface area contributed by atoms with Crippen LogP contribution in [0.15, 0.2) is 102 Å². The number of fused-ring (bicyclic) bond motifs is 3. The number of hydrogen-bond acceptors (Lipinski definition) is 8. The van der Waals surface area contributed by atoms with E-state index in [2.05, 4.69) is 29.0 Å². The summed E-state index contributed by atoms with van der Waals surface area (Å²) in [5.41, 5.74) is 4.98. The molecule has 0 saturated heterocycles. The molecule has 5 aromatic rings. The fourth-order valence-corrected chi connectivity index (χ4v) is 11.3. The number of esters is 2. The highest BCUT2D eigenvalue weighted by atomic mass is 32.2. The van der Waals surface area contributed by atoms with Crippen LogP contribution in [-0.2, 0) is 29.9 Å². The summed E-state index contributed by atoms with van der Waals surface area (Å²) in [7, 11) is -5.70. The smallest absolute Gasteiger partial charge is 0.349 e. The summed E-state index contributed by atoms with van der Waals surface area (Å²) >= 11 is 0. The molecular weight excluding hydrogens is 817 g/mol. The van der Waals surface area contributed by atoms with E-state index in [0.29, 0.717) is 30.1 Å². The molecule has 5 aliphatic rings. The second-order valence-electron chi connectivity index (χ2n) is 16.4. The van der Waals surface area contributed by atoms with Gasteiger partial charge in [0.25, 0.3) is 0 Å². The average Bonchev–Trinajstić information content (AvgIpc) is 3.54. The highest BCUT2D eigenvalue weighted by Crippen LogP contribution is 2.57. The monoisotopic (exact) mass is 856 g/mol. The Morgan fingerprint density at radius 2 is 1.13 bits per heavy atom. The molecule has 0 spiro atoms. The lowest BCUT2D eigenvalue weighted by Crippen LogP contribution is -2.46. The zero-order valence-corrected chi connectivity index (χ0v) is 33.4. The van der Waals surface area contributed by atoms with E-state index in [4.69, 9.17) is 18.8 Å². The standard InChI is InChI=1S/C47H40F4O9S/c48-41-43(50)46(61(54,55)56)44(51)42(49)45(41)60-40(53)25-58-33-15-11-31(12-16-33)47(37-7-3-1-5-34(37)35-6-2-4-8-38(35)47)30-9-13-32(14-10-30)57-18-17-39(52)59-24-36-28-20-26-19-27(22-28)23-29(36)21-26/h1-16,26-29,36H,17-25H2,(H,54,55,56). The predicted octanol–water partition coefficient (Wildman–Crippen LogP) is 9.22. The fourth-order valence-electron chi connectivity index (χ4n) is 10.6. The van der Waals surface area contributed by atoms with E-state index in [1.807, 2.05) is 48.5 Å². The average molecular weight is 857 g/mol. The van der Waals surface area contributed by atoms with Crippen molar-refractivity contribution in [2.45, 2.75) is 48.8 Å². The van der Waals surface area contributed by atoms with E-state index in [1.54, 1.807) is 24.3 Å². The van der Waals surface area contributed by atoms with Gasteiger partial charge in [-0.15, -0.1) is 0 Å². The third-order valence-electron chi connectivity index (χ3n) is 13.0. The topological polar surface area (TPSA) is 125 Å². The highest BCUT2D eigenvalue weighted by molar-refractivity contribution is 7.85. The van der Waals surface area contributed by atoms with Crippen LogP contribution in [0.3, 0.4) is 0 Å². The van der Waals surface area contributed by atoms with E-state index < -0.39 is 62.0 Å². The number of carbonyl (C=O) groups is 2. The van der Waals surface area contributed by atoms with E-state index in [9.17, 15) is 35.6 Å². The Balaban J connectivity index is 0.899. The number of benzene rings is 5. The van der Waals surface area contributed by atoms with Gasteiger partial charge in [-0.2, -0.15) is 17.2 Å². The van der Waals surface area contributed by atoms with Gasteiger partial charge in [-0.25, -0.2) is 13.6 Å². The van der Waals surface area contributed by atoms with E-state index in [1.165, 1.54) is 32.1 Å². The maximum atomic E-state index is 14.5. The third kappa shape index (κ3) is 7.33. The summed E-state index contributed by atoms with van der Waals surface area (Å²) < 4.78 is 111. The number of rotatable bonds is 13. The first-order chi connectivity index (χ1) is 29.3. The van der Waals surface area contributed by atoms with Crippen molar-refractivity contribution in [1.29, 1.82) is 0 Å². The van der Waals surface area contributed by atoms with Gasteiger partial charge in [0.1, 0.15) is 11.5 Å². The molecule has 14 heteroatoms. The SMILES string of the molecule is O=C(CCOc1ccc(C2(c3ccc(OCC(=O)Oc4c(F)c(F)c(S(=O)(=O)O)c(F)c4F)cc3)c3ccccc3-c3ccccc32)cc1)OCC1C2CC3CC(C2)CC1C3. The molecule has 0 radical (unpaired) electrons. The van der Waals surface area contributed by atoms with Crippen molar-refractivity contribution in [1.82, 2.24) is 0 Å². The minimum absolute atomic E-state index is 0.135. The van der Waals surface area contributed by atoms with E-state index in [0.717, 1.165) is 45.2 Å². The predicted molar refractivity (Wildman–Crippen MR) is 213 cm³/mol. The first-order valence-corrected chi connectivity index (χ1v) is 21.6. The summed E-state index contributed by atoms with van der Waals surface area (Å²) in [4.78, 5) is 23.0. The van der Waals surface area contributed by atoms with Gasteiger partial charge in [-0.1, -0.05) is 72.8 Å². The summed E-state index contributed by atoms with van der Waals surface area (Å²) in [5, 5.41) is 0. The van der Waals surface area contributed by atoms with Crippen molar-refractivity contribution >= 4 is 22.1 Å². The molecule has 316 valence electrons. The van der Waals surface area contributed by atoms with Gasteiger partial charge >= 0.3 is 22.1 Å². The molecule has 61 heavy (non-hydrogen) atoms. The molecule has 0 aromatic heterocycles. The van der Waals surface area contributed by atoms with Crippen LogP contribution >= 0.6 is 0 Å². The lowest BCUT2D eigenvalue weighted by molar-refractivity contribution is -0.150. The summed E-state index contributed by atoms with van der Waals surface area (Å²) in [6.07, 6.45) is 6.63. The minimum Gasteiger partial charge on any atom is -0.493 e. The molecule has 4 fully saturated rings. The van der Waals surface area contributed by atoms with Gasteiger partial charge in [-0.3, -0.25) is 9.35 Å². The van der Waals surface area contributed by atoms with Crippen LogP contribution in [0.2, 0.25) is 0 Å². The number of ether oxygens (including phenoxy) is 4. The van der Waals surface area contributed by atoms with Crippen LogP contribution in [0.25, 0.3) is 11.1 Å². The van der Waals surface area contributed by atoms with Crippen molar-refractivity contribution < 1.29 is 59.1 Å². The highest BCUT2D eigenvalue weighted by Gasteiger charge is 2.49. The van der Waals surface area contributed by atoms with Crippen molar-refractivity contribution in [3.63, 3.8) is 0 Å². The second-order valence-corrected chi connectivity index (χ2v) is 17.8. The fraction of sp³-hybridized carbons (Fsp3) is 0.319. The first kappa shape index (κ1) is 40.7. The number of carbonyl (C=O) groups excluding carboxylic acids is 2. The maximum absolute atomic E-state index is 14.5. The van der Waals surface area contributed by atoms with Crippen molar-refractivity contribution in [2.24, 2.45) is 29.6 Å². The van der Waals surface area contributed by atoms with Crippen LogP contribution in [-0.4, -0.2) is 44.7 Å². The third-order valence-corrected chi connectivity index (χ3v) is 13.8. The van der Waals surface area contributed by atoms with Crippen molar-refractivity contribution in [2.75, 3.05) is 19.8 Å². The lowest BCUT2D eigenvalue weighted by atomic mass is 9.52. The Bertz CT molecular complexity index is 2530. The maximum Gasteiger partial charge on any atom is 0.349 e. The summed E-state index contributed by atoms with van der Waals surface area (Å²) in [6.45, 7) is -0.289. The Kier molecular flexibility index (Phi) is 10.6. The van der Waals surface area contributed by atoms with Crippen LogP contribution in [0.4, 0.5) is 17.6 Å². The van der Waals surface area contributed by atoms with Gasteiger partial charge in [0.2, 0.25) is 17.4 Å². The Hall–Kier alpha value is -5.73. The van der Waals surface area contributed by atoms with Crippen LogP contribution in [0.5, 0.6) is 17.2 Å². The summed E-state index contributed by atoms with van der Waals surface area (Å²) in [5.74, 6) is -8.87. The molecule has 4 saturated carbocycles. The molecule has 4 bridgehead atoms. The molecular formula is C47H40F4O9S. The zero-order chi connectivity index (χ0) is 42.6. The molecule has 0 amide bonds. The van der Waals surface area contributed by atoms with Crippen molar-refractivity contribution in [3.8, 4) is 28.4 Å². The Morgan fingerprint density at radius 3 is 1.64 bits per heavy atom. The normalized spacial score (nSPS) is 21.7. The Morgan fingerprint density at radius 1 is 0.639 bits per heavy atom. The van der Waals surface area contributed by atoms with Crippen molar-refractivity contribution in [3.05, 3.63) is 143 Å². The van der Waals surface area contributed by atoms with E-state index >= 15 is 0 Å². The van der Waals surface area contributed by atoms with Crippen LogP contribution in [0, 0.1) is 52.9 Å². The zero-order valence-electron chi connectivity index (χ0n) is 32.6. The molecule has 1 N–H and O–H groups in total. The molecule has 0 atom stereocenters.